The van der Waals surface area contributed by atoms with Crippen molar-refractivity contribution < 1.29 is 9.53 Å². The van der Waals surface area contributed by atoms with E-state index in [4.69, 9.17) is 4.74 Å². The van der Waals surface area contributed by atoms with Gasteiger partial charge in [0, 0.05) is 35.3 Å². The Labute approximate surface area is 157 Å². The van der Waals surface area contributed by atoms with Crippen molar-refractivity contribution in [3.63, 3.8) is 0 Å². The van der Waals surface area contributed by atoms with Gasteiger partial charge >= 0.3 is 0 Å². The van der Waals surface area contributed by atoms with Crippen LogP contribution in [-0.4, -0.2) is 10.8 Å². The predicted octanol–water partition coefficient (Wildman–Crippen LogP) is 5.10. The Kier molecular flexibility index (Phi) is 7.69. The van der Waals surface area contributed by atoms with Crippen LogP contribution < -0.4 is 4.74 Å². The number of rotatable bonds is 7. The van der Waals surface area contributed by atoms with E-state index in [1.165, 1.54) is 5.56 Å². The quantitative estimate of drug-likeness (QED) is 0.480. The van der Waals surface area contributed by atoms with Gasteiger partial charge in [0.25, 0.3) is 0 Å². The molecule has 0 amide bonds. The van der Waals surface area contributed by atoms with E-state index < -0.39 is 0 Å². The van der Waals surface area contributed by atoms with E-state index in [0.29, 0.717) is 19.4 Å². The van der Waals surface area contributed by atoms with E-state index in [9.17, 15) is 4.79 Å². The second kappa shape index (κ2) is 10.0. The molecule has 0 spiro atoms. The van der Waals surface area contributed by atoms with Gasteiger partial charge in [0.1, 0.15) is 18.1 Å². The number of aryl methyl sites for hydroxylation is 1. The van der Waals surface area contributed by atoms with Crippen molar-refractivity contribution in [1.82, 2.24) is 4.98 Å². The summed E-state index contributed by atoms with van der Waals surface area (Å²) in [7, 11) is 0. The van der Waals surface area contributed by atoms with Crippen molar-refractivity contribution in [2.45, 2.75) is 46.1 Å². The fourth-order valence-electron chi connectivity index (χ4n) is 2.28. The maximum atomic E-state index is 11.0. The zero-order chi connectivity index (χ0) is 18.1. The maximum absolute atomic E-state index is 11.0. The van der Waals surface area contributed by atoms with Crippen LogP contribution in [0.1, 0.15) is 49.8 Å². The van der Waals surface area contributed by atoms with Gasteiger partial charge in [-0.15, -0.1) is 0 Å². The van der Waals surface area contributed by atoms with E-state index in [2.05, 4.69) is 51.8 Å². The largest absolute Gasteiger partial charge is 0.488 e. The van der Waals surface area contributed by atoms with Crippen LogP contribution in [0.5, 0.6) is 5.75 Å². The third-order valence-electron chi connectivity index (χ3n) is 3.75. The molecule has 0 atom stereocenters. The molecule has 0 unspecified atom stereocenters. The van der Waals surface area contributed by atoms with Crippen molar-refractivity contribution in [2.75, 3.05) is 0 Å². The molecule has 0 aliphatic rings. The molecule has 1 aromatic carbocycles. The SMILES string of the molecule is CCc1ccc(OCc2ccncc2Br)c(C#CCCCC(C)=O)c1. The molecule has 1 aromatic heterocycles. The number of aromatic nitrogens is 1. The second-order valence-corrected chi connectivity index (χ2v) is 6.65. The average molecular weight is 400 g/mol. The smallest absolute Gasteiger partial charge is 0.135 e. The number of ether oxygens (including phenoxy) is 1. The number of nitrogens with zero attached hydrogens (tertiary/aromatic N) is 1. The van der Waals surface area contributed by atoms with E-state index in [1.807, 2.05) is 12.1 Å². The molecule has 25 heavy (non-hydrogen) atoms. The number of hydrogen-bond acceptors (Lipinski definition) is 3. The van der Waals surface area contributed by atoms with Crippen molar-refractivity contribution >= 4 is 21.7 Å². The summed E-state index contributed by atoms with van der Waals surface area (Å²) in [6.45, 7) is 4.18. The fourth-order valence-corrected chi connectivity index (χ4v) is 2.65. The second-order valence-electron chi connectivity index (χ2n) is 5.80. The Morgan fingerprint density at radius 1 is 1.32 bits per heavy atom. The third kappa shape index (κ3) is 6.36. The van der Waals surface area contributed by atoms with Crippen molar-refractivity contribution in [2.24, 2.45) is 0 Å². The minimum Gasteiger partial charge on any atom is -0.488 e. The van der Waals surface area contributed by atoms with Gasteiger partial charge in [0.15, 0.2) is 0 Å². The lowest BCUT2D eigenvalue weighted by molar-refractivity contribution is -0.117. The molecule has 2 rings (SSSR count). The molecule has 130 valence electrons. The Hall–Kier alpha value is -2.12. The number of carbonyl (C=O) groups excluding carboxylic acids is 1. The minimum atomic E-state index is 0.210. The molecule has 0 saturated heterocycles. The Bertz CT molecular complexity index is 790. The molecule has 0 bridgehead atoms. The van der Waals surface area contributed by atoms with E-state index in [1.54, 1.807) is 19.3 Å². The van der Waals surface area contributed by atoms with Crippen LogP contribution in [0.15, 0.2) is 41.1 Å². The van der Waals surface area contributed by atoms with Gasteiger partial charge in [-0.25, -0.2) is 0 Å². The van der Waals surface area contributed by atoms with Gasteiger partial charge in [-0.1, -0.05) is 24.8 Å². The highest BCUT2D eigenvalue weighted by Gasteiger charge is 2.05. The number of unbranched alkanes of at least 4 members (excludes halogenated alkanes) is 1. The van der Waals surface area contributed by atoms with Crippen LogP contribution in [0.25, 0.3) is 0 Å². The first-order valence-electron chi connectivity index (χ1n) is 8.42. The standard InChI is InChI=1S/C21H22BrNO2/c1-3-17-9-10-21(25-15-19-11-12-23-14-20(19)22)18(13-17)8-6-4-5-7-16(2)24/h9-14H,3-5,7,15H2,1-2H3. The lowest BCUT2D eigenvalue weighted by atomic mass is 10.1. The number of ketones is 1. The summed E-state index contributed by atoms with van der Waals surface area (Å²) in [5.41, 5.74) is 3.16. The Morgan fingerprint density at radius 2 is 2.16 bits per heavy atom. The molecule has 1 heterocycles. The molecule has 0 radical (unpaired) electrons. The summed E-state index contributed by atoms with van der Waals surface area (Å²) < 4.78 is 6.91. The van der Waals surface area contributed by atoms with E-state index in [-0.39, 0.29) is 5.78 Å². The van der Waals surface area contributed by atoms with Crippen LogP contribution in [0, 0.1) is 11.8 Å². The number of carbonyl (C=O) groups is 1. The Balaban J connectivity index is 2.10. The number of Topliss-reactive ketones (excluding diaryl/α,β-unsaturated/α-hetero) is 1. The number of benzene rings is 1. The highest BCUT2D eigenvalue weighted by Crippen LogP contribution is 2.23. The zero-order valence-electron chi connectivity index (χ0n) is 14.6. The normalized spacial score (nSPS) is 10.0. The average Bonchev–Trinajstić information content (AvgIpc) is 2.61. The van der Waals surface area contributed by atoms with Crippen LogP contribution in [0.4, 0.5) is 0 Å². The molecule has 0 aliphatic heterocycles. The fraction of sp³-hybridized carbons (Fsp3) is 0.333. The van der Waals surface area contributed by atoms with Crippen molar-refractivity contribution in [1.29, 1.82) is 0 Å². The Morgan fingerprint density at radius 3 is 2.88 bits per heavy atom. The van der Waals surface area contributed by atoms with Crippen LogP contribution in [0.2, 0.25) is 0 Å². The van der Waals surface area contributed by atoms with E-state index >= 15 is 0 Å². The minimum absolute atomic E-state index is 0.210. The molecule has 4 heteroatoms. The number of hydrogen-bond donors (Lipinski definition) is 0. The van der Waals surface area contributed by atoms with Gasteiger partial charge in [-0.3, -0.25) is 4.98 Å². The van der Waals surface area contributed by atoms with Crippen molar-refractivity contribution in [3.05, 3.63) is 57.8 Å². The van der Waals surface area contributed by atoms with Gasteiger partial charge in [0.2, 0.25) is 0 Å². The first-order valence-corrected chi connectivity index (χ1v) is 9.22. The molecule has 0 aliphatic carbocycles. The third-order valence-corrected chi connectivity index (χ3v) is 4.46. The molecule has 0 fully saturated rings. The molecular weight excluding hydrogens is 378 g/mol. The monoisotopic (exact) mass is 399 g/mol. The number of halogens is 1. The molecule has 3 nitrogen and oxygen atoms in total. The van der Waals surface area contributed by atoms with Gasteiger partial charge in [0.05, 0.1) is 5.56 Å². The molecular formula is C21H22BrNO2. The molecule has 0 N–H and O–H groups in total. The highest BCUT2D eigenvalue weighted by atomic mass is 79.9. The summed E-state index contributed by atoms with van der Waals surface area (Å²) in [6, 6.07) is 8.05. The zero-order valence-corrected chi connectivity index (χ0v) is 16.2. The molecule has 0 saturated carbocycles. The first kappa shape index (κ1) is 19.2. The van der Waals surface area contributed by atoms with Crippen LogP contribution in [-0.2, 0) is 17.8 Å². The summed E-state index contributed by atoms with van der Waals surface area (Å²) in [6.07, 6.45) is 6.56. The van der Waals surface area contributed by atoms with Gasteiger partial charge < -0.3 is 9.53 Å². The van der Waals surface area contributed by atoms with Gasteiger partial charge in [-0.2, -0.15) is 0 Å². The molecule has 2 aromatic rings. The lowest BCUT2D eigenvalue weighted by Crippen LogP contribution is -1.99. The lowest BCUT2D eigenvalue weighted by Gasteiger charge is -2.10. The predicted molar refractivity (Wildman–Crippen MR) is 103 cm³/mol. The number of pyridine rings is 1. The summed E-state index contributed by atoms with van der Waals surface area (Å²) in [5.74, 6) is 7.35. The first-order chi connectivity index (χ1) is 12.1. The van der Waals surface area contributed by atoms with E-state index in [0.717, 1.165) is 34.2 Å². The van der Waals surface area contributed by atoms with Crippen LogP contribution >= 0.6 is 15.9 Å². The van der Waals surface area contributed by atoms with Crippen molar-refractivity contribution in [3.8, 4) is 17.6 Å². The summed E-state index contributed by atoms with van der Waals surface area (Å²) >= 11 is 3.48. The highest BCUT2D eigenvalue weighted by molar-refractivity contribution is 9.10. The maximum Gasteiger partial charge on any atom is 0.135 e. The van der Waals surface area contributed by atoms with Crippen LogP contribution in [0.3, 0.4) is 0 Å². The summed E-state index contributed by atoms with van der Waals surface area (Å²) in [5, 5.41) is 0. The van der Waals surface area contributed by atoms with Gasteiger partial charge in [-0.05, 0) is 59.5 Å². The summed E-state index contributed by atoms with van der Waals surface area (Å²) in [4.78, 5) is 15.0. The topological polar surface area (TPSA) is 39.2 Å².